The number of hydrogen-bond acceptors (Lipinski definition) is 6. The summed E-state index contributed by atoms with van der Waals surface area (Å²) in [6, 6.07) is 0. The standard InChI is InChI=1S/C63H114O6/c1-4-7-10-13-16-19-22-25-28-30-31-33-35-38-41-44-47-50-53-56-62(65)68-59-60(58-67-61(64)55-52-49-46-43-40-37-34-27-24-21-18-15-12-9-6-3)69-63(66)57-54-51-48-45-42-39-36-32-29-26-23-20-17-14-11-8-5-2/h9,12,18,21,25,27-28,34,60H,4-8,10-11,13-17,19-20,22-24,26,29-33,35-59H2,1-3H3/b12-9-,21-18-,28-25-,34-27-/t60-/m1/s1. The molecule has 0 aliphatic carbocycles. The first-order valence-corrected chi connectivity index (χ1v) is 30.1. The molecule has 0 N–H and O–H groups in total. The lowest BCUT2D eigenvalue weighted by atomic mass is 10.0. The smallest absolute Gasteiger partial charge is 0.306 e. The summed E-state index contributed by atoms with van der Waals surface area (Å²) in [5, 5.41) is 0. The Morgan fingerprint density at radius 1 is 0.304 bits per heavy atom. The average Bonchev–Trinajstić information content (AvgIpc) is 3.35. The highest BCUT2D eigenvalue weighted by Crippen LogP contribution is 2.17. The second-order valence-electron chi connectivity index (χ2n) is 20.2. The summed E-state index contributed by atoms with van der Waals surface area (Å²) < 4.78 is 16.9. The molecule has 0 rings (SSSR count). The van der Waals surface area contributed by atoms with Gasteiger partial charge in [-0.15, -0.1) is 0 Å². The van der Waals surface area contributed by atoms with Crippen molar-refractivity contribution >= 4 is 17.9 Å². The molecule has 402 valence electrons. The Balaban J connectivity index is 4.35. The molecule has 0 fully saturated rings. The Hall–Kier alpha value is -2.63. The zero-order valence-electron chi connectivity index (χ0n) is 46.1. The first kappa shape index (κ1) is 66.4. The minimum absolute atomic E-state index is 0.0765. The van der Waals surface area contributed by atoms with Crippen molar-refractivity contribution in [2.75, 3.05) is 13.2 Å². The number of esters is 3. The highest BCUT2D eigenvalue weighted by atomic mass is 16.6. The van der Waals surface area contributed by atoms with Crippen LogP contribution in [0.5, 0.6) is 0 Å². The molecule has 0 radical (unpaired) electrons. The van der Waals surface area contributed by atoms with E-state index in [4.69, 9.17) is 14.2 Å². The van der Waals surface area contributed by atoms with Gasteiger partial charge in [-0.2, -0.15) is 0 Å². The third-order valence-electron chi connectivity index (χ3n) is 13.3. The molecule has 0 amide bonds. The van der Waals surface area contributed by atoms with E-state index in [2.05, 4.69) is 69.4 Å². The van der Waals surface area contributed by atoms with E-state index in [1.807, 2.05) is 0 Å². The van der Waals surface area contributed by atoms with Crippen molar-refractivity contribution in [1.29, 1.82) is 0 Å². The van der Waals surface area contributed by atoms with Crippen LogP contribution in [-0.2, 0) is 28.6 Å². The Labute approximate surface area is 428 Å². The van der Waals surface area contributed by atoms with Gasteiger partial charge in [0, 0.05) is 19.3 Å². The summed E-state index contributed by atoms with van der Waals surface area (Å²) in [6.45, 7) is 6.55. The van der Waals surface area contributed by atoms with Crippen LogP contribution in [0.4, 0.5) is 0 Å². The quantitative estimate of drug-likeness (QED) is 0.0262. The maximum Gasteiger partial charge on any atom is 0.306 e. The van der Waals surface area contributed by atoms with Gasteiger partial charge in [0.1, 0.15) is 13.2 Å². The first-order chi connectivity index (χ1) is 34.0. The fourth-order valence-corrected chi connectivity index (χ4v) is 8.81. The predicted octanol–water partition coefficient (Wildman–Crippen LogP) is 20.2. The van der Waals surface area contributed by atoms with Gasteiger partial charge in [0.2, 0.25) is 0 Å². The van der Waals surface area contributed by atoms with Gasteiger partial charge in [-0.1, -0.05) is 268 Å². The minimum Gasteiger partial charge on any atom is -0.462 e. The van der Waals surface area contributed by atoms with Gasteiger partial charge >= 0.3 is 17.9 Å². The lowest BCUT2D eigenvalue weighted by molar-refractivity contribution is -0.167. The Morgan fingerprint density at radius 2 is 0.565 bits per heavy atom. The number of rotatable bonds is 55. The lowest BCUT2D eigenvalue weighted by Gasteiger charge is -2.18. The summed E-state index contributed by atoms with van der Waals surface area (Å²) in [7, 11) is 0. The van der Waals surface area contributed by atoms with E-state index in [1.165, 1.54) is 180 Å². The van der Waals surface area contributed by atoms with Crippen LogP contribution in [0.2, 0.25) is 0 Å². The molecular formula is C63H114O6. The number of carbonyl (C=O) groups is 3. The molecule has 0 aliphatic rings. The fourth-order valence-electron chi connectivity index (χ4n) is 8.81. The molecule has 0 bridgehead atoms. The predicted molar refractivity (Wildman–Crippen MR) is 298 cm³/mol. The van der Waals surface area contributed by atoms with Crippen molar-refractivity contribution in [2.24, 2.45) is 0 Å². The largest absolute Gasteiger partial charge is 0.462 e. The fraction of sp³-hybridized carbons (Fsp3) is 0.825. The van der Waals surface area contributed by atoms with Crippen molar-refractivity contribution in [1.82, 2.24) is 0 Å². The molecule has 0 unspecified atom stereocenters. The van der Waals surface area contributed by atoms with E-state index in [-0.39, 0.29) is 31.1 Å². The van der Waals surface area contributed by atoms with Gasteiger partial charge < -0.3 is 14.2 Å². The number of hydrogen-bond donors (Lipinski definition) is 0. The maximum atomic E-state index is 12.9. The molecule has 1 atom stereocenters. The van der Waals surface area contributed by atoms with Crippen molar-refractivity contribution in [3.63, 3.8) is 0 Å². The SMILES string of the molecule is CC/C=C\C/C=C\C/C=C\CCCCCCCC(=O)OC[C@H](COC(=O)CCCCCCCCCCC/C=C\CCCCCCCC)OC(=O)CCCCCCCCCCCCCCCCCCC. The van der Waals surface area contributed by atoms with Crippen LogP contribution in [0.3, 0.4) is 0 Å². The molecule has 0 heterocycles. The van der Waals surface area contributed by atoms with Gasteiger partial charge in [0.15, 0.2) is 6.10 Å². The molecule has 0 saturated carbocycles. The highest BCUT2D eigenvalue weighted by Gasteiger charge is 2.19. The van der Waals surface area contributed by atoms with E-state index >= 15 is 0 Å². The zero-order valence-corrected chi connectivity index (χ0v) is 46.1. The van der Waals surface area contributed by atoms with E-state index in [1.54, 1.807) is 0 Å². The first-order valence-electron chi connectivity index (χ1n) is 30.1. The number of unbranched alkanes of at least 4 members (excludes halogenated alkanes) is 36. The Bertz CT molecular complexity index is 1200. The molecule has 0 aromatic rings. The van der Waals surface area contributed by atoms with E-state index in [0.717, 1.165) is 96.3 Å². The monoisotopic (exact) mass is 967 g/mol. The van der Waals surface area contributed by atoms with E-state index in [9.17, 15) is 14.4 Å². The topological polar surface area (TPSA) is 78.9 Å². The van der Waals surface area contributed by atoms with Gasteiger partial charge in [-0.05, 0) is 77.0 Å². The van der Waals surface area contributed by atoms with Crippen molar-refractivity contribution in [3.05, 3.63) is 48.6 Å². The summed E-state index contributed by atoms with van der Waals surface area (Å²) in [5.74, 6) is -0.878. The number of allylic oxidation sites excluding steroid dienone is 8. The van der Waals surface area contributed by atoms with Gasteiger partial charge in [0.25, 0.3) is 0 Å². The summed E-state index contributed by atoms with van der Waals surface area (Å²) in [6.07, 6.45) is 71.0. The molecule has 6 nitrogen and oxygen atoms in total. The Kier molecular flexibility index (Phi) is 55.7. The van der Waals surface area contributed by atoms with Gasteiger partial charge in [-0.25, -0.2) is 0 Å². The third-order valence-corrected chi connectivity index (χ3v) is 13.3. The highest BCUT2D eigenvalue weighted by molar-refractivity contribution is 5.71. The summed E-state index contributed by atoms with van der Waals surface area (Å²) in [5.41, 5.74) is 0. The molecule has 0 aromatic heterocycles. The van der Waals surface area contributed by atoms with Crippen molar-refractivity contribution in [2.45, 2.75) is 322 Å². The lowest BCUT2D eigenvalue weighted by Crippen LogP contribution is -2.30. The molecule has 0 saturated heterocycles. The summed E-state index contributed by atoms with van der Waals surface area (Å²) in [4.78, 5) is 38.2. The minimum atomic E-state index is -0.779. The Morgan fingerprint density at radius 3 is 0.899 bits per heavy atom. The zero-order chi connectivity index (χ0) is 50.0. The molecule has 0 aliphatic heterocycles. The van der Waals surface area contributed by atoms with Crippen LogP contribution in [-0.4, -0.2) is 37.2 Å². The third kappa shape index (κ3) is 56.2. The second kappa shape index (κ2) is 57.9. The summed E-state index contributed by atoms with van der Waals surface area (Å²) >= 11 is 0. The normalized spacial score (nSPS) is 12.3. The van der Waals surface area contributed by atoms with Crippen LogP contribution < -0.4 is 0 Å². The van der Waals surface area contributed by atoms with Crippen molar-refractivity contribution < 1.29 is 28.6 Å². The van der Waals surface area contributed by atoms with Crippen LogP contribution in [0.1, 0.15) is 316 Å². The molecule has 69 heavy (non-hydrogen) atoms. The van der Waals surface area contributed by atoms with Crippen LogP contribution >= 0.6 is 0 Å². The number of carbonyl (C=O) groups excluding carboxylic acids is 3. The van der Waals surface area contributed by atoms with Crippen LogP contribution in [0.25, 0.3) is 0 Å². The van der Waals surface area contributed by atoms with Gasteiger partial charge in [0.05, 0.1) is 0 Å². The molecule has 6 heteroatoms. The molecular weight excluding hydrogens is 853 g/mol. The molecule has 0 aromatic carbocycles. The van der Waals surface area contributed by atoms with E-state index in [0.29, 0.717) is 19.3 Å². The molecule has 0 spiro atoms. The van der Waals surface area contributed by atoms with Gasteiger partial charge in [-0.3, -0.25) is 14.4 Å². The maximum absolute atomic E-state index is 12.9. The number of ether oxygens (including phenoxy) is 3. The second-order valence-corrected chi connectivity index (χ2v) is 20.2. The van der Waals surface area contributed by atoms with Crippen LogP contribution in [0, 0.1) is 0 Å². The van der Waals surface area contributed by atoms with Crippen molar-refractivity contribution in [3.8, 4) is 0 Å². The van der Waals surface area contributed by atoms with E-state index < -0.39 is 6.10 Å². The van der Waals surface area contributed by atoms with Crippen LogP contribution in [0.15, 0.2) is 48.6 Å². The average molecular weight is 968 g/mol.